The molecule has 3 heteroatoms. The Balaban J connectivity index is 1.96. The average molecular weight is 239 g/mol. The van der Waals surface area contributed by atoms with Crippen molar-refractivity contribution in [3.8, 4) is 0 Å². The number of hydrogen-bond donors (Lipinski definition) is 3. The van der Waals surface area contributed by atoms with Crippen molar-refractivity contribution in [2.75, 3.05) is 16.8 Å². The highest BCUT2D eigenvalue weighted by atomic mass is 15.0. The van der Waals surface area contributed by atoms with E-state index in [1.807, 2.05) is 18.2 Å². The van der Waals surface area contributed by atoms with E-state index >= 15 is 0 Å². The van der Waals surface area contributed by atoms with Gasteiger partial charge >= 0.3 is 0 Å². The van der Waals surface area contributed by atoms with Crippen molar-refractivity contribution in [1.29, 1.82) is 0 Å². The van der Waals surface area contributed by atoms with Crippen LogP contribution in [0.1, 0.15) is 30.0 Å². The molecule has 3 rings (SSSR count). The van der Waals surface area contributed by atoms with Crippen molar-refractivity contribution in [1.82, 2.24) is 0 Å². The molecule has 0 saturated heterocycles. The predicted octanol–water partition coefficient (Wildman–Crippen LogP) is 3.12. The molecular formula is C15H17N3. The Labute approximate surface area is 107 Å². The molecule has 0 fully saturated rings. The molecule has 0 bridgehead atoms. The molecule has 92 valence electrons. The fourth-order valence-electron chi connectivity index (χ4n) is 2.64. The van der Waals surface area contributed by atoms with Gasteiger partial charge in [-0.05, 0) is 41.5 Å². The van der Waals surface area contributed by atoms with Gasteiger partial charge in [-0.3, -0.25) is 0 Å². The van der Waals surface area contributed by atoms with Gasteiger partial charge in [-0.25, -0.2) is 0 Å². The first kappa shape index (κ1) is 11.0. The Kier molecular flexibility index (Phi) is 2.40. The molecule has 0 saturated carbocycles. The molecule has 0 amide bonds. The van der Waals surface area contributed by atoms with Crippen molar-refractivity contribution >= 4 is 17.1 Å². The topological polar surface area (TPSA) is 64.1 Å². The Bertz CT molecular complexity index is 575. The van der Waals surface area contributed by atoms with Gasteiger partial charge < -0.3 is 16.8 Å². The number of nitrogen functional groups attached to an aromatic ring is 2. The third kappa shape index (κ3) is 1.68. The molecule has 18 heavy (non-hydrogen) atoms. The van der Waals surface area contributed by atoms with Gasteiger partial charge in [0.25, 0.3) is 0 Å². The lowest BCUT2D eigenvalue weighted by Gasteiger charge is -2.17. The summed E-state index contributed by atoms with van der Waals surface area (Å²) in [5.41, 5.74) is 16.9. The minimum Gasteiger partial charge on any atom is -0.399 e. The number of fused-ring (bicyclic) bond motifs is 1. The zero-order valence-corrected chi connectivity index (χ0v) is 10.4. The number of anilines is 3. The van der Waals surface area contributed by atoms with Gasteiger partial charge in [-0.2, -0.15) is 0 Å². The van der Waals surface area contributed by atoms with E-state index in [2.05, 4.69) is 36.5 Å². The average Bonchev–Trinajstić information content (AvgIpc) is 2.68. The fourth-order valence-corrected chi connectivity index (χ4v) is 2.64. The van der Waals surface area contributed by atoms with Gasteiger partial charge in [0.1, 0.15) is 0 Å². The van der Waals surface area contributed by atoms with E-state index in [0.29, 0.717) is 12.0 Å². The standard InChI is InChI=1S/C15H17N3/c1-9-13-8-12(17)6-7-14(13)18-15(9)10-2-4-11(16)5-3-10/h2-9,15,18H,16-17H2,1H3. The lowest BCUT2D eigenvalue weighted by Crippen LogP contribution is -2.09. The van der Waals surface area contributed by atoms with E-state index in [-0.39, 0.29) is 0 Å². The summed E-state index contributed by atoms with van der Waals surface area (Å²) in [4.78, 5) is 0. The van der Waals surface area contributed by atoms with Crippen LogP contribution in [0.2, 0.25) is 0 Å². The van der Waals surface area contributed by atoms with Crippen LogP contribution in [0.25, 0.3) is 0 Å². The largest absolute Gasteiger partial charge is 0.399 e. The third-order valence-electron chi connectivity index (χ3n) is 3.67. The van der Waals surface area contributed by atoms with Crippen molar-refractivity contribution in [2.45, 2.75) is 18.9 Å². The highest BCUT2D eigenvalue weighted by Crippen LogP contribution is 2.44. The van der Waals surface area contributed by atoms with E-state index in [4.69, 9.17) is 11.5 Å². The molecule has 2 aromatic carbocycles. The minimum absolute atomic E-state index is 0.294. The third-order valence-corrected chi connectivity index (χ3v) is 3.67. The van der Waals surface area contributed by atoms with E-state index in [1.54, 1.807) is 0 Å². The summed E-state index contributed by atoms with van der Waals surface area (Å²) in [7, 11) is 0. The van der Waals surface area contributed by atoms with Crippen LogP contribution in [0.5, 0.6) is 0 Å². The second-order valence-electron chi connectivity index (χ2n) is 4.92. The van der Waals surface area contributed by atoms with E-state index in [9.17, 15) is 0 Å². The van der Waals surface area contributed by atoms with Crippen LogP contribution in [0.3, 0.4) is 0 Å². The quantitative estimate of drug-likeness (QED) is 0.670. The SMILES string of the molecule is CC1c2cc(N)ccc2NC1c1ccc(N)cc1. The first-order valence-corrected chi connectivity index (χ1v) is 6.16. The van der Waals surface area contributed by atoms with E-state index < -0.39 is 0 Å². The number of benzene rings is 2. The molecule has 2 atom stereocenters. The first-order valence-electron chi connectivity index (χ1n) is 6.16. The van der Waals surface area contributed by atoms with E-state index in [1.165, 1.54) is 16.8 Å². The molecular weight excluding hydrogens is 222 g/mol. The smallest absolute Gasteiger partial charge is 0.0580 e. The van der Waals surface area contributed by atoms with Crippen molar-refractivity contribution in [3.63, 3.8) is 0 Å². The lowest BCUT2D eigenvalue weighted by molar-refractivity contribution is 0.676. The van der Waals surface area contributed by atoms with Crippen molar-refractivity contribution in [2.24, 2.45) is 0 Å². The van der Waals surface area contributed by atoms with Crippen LogP contribution >= 0.6 is 0 Å². The maximum absolute atomic E-state index is 5.85. The van der Waals surface area contributed by atoms with Gasteiger partial charge in [-0.1, -0.05) is 19.1 Å². The monoisotopic (exact) mass is 239 g/mol. The van der Waals surface area contributed by atoms with Gasteiger partial charge in [0.2, 0.25) is 0 Å². The van der Waals surface area contributed by atoms with Crippen LogP contribution in [-0.4, -0.2) is 0 Å². The summed E-state index contributed by atoms with van der Waals surface area (Å²) in [6.07, 6.45) is 0. The van der Waals surface area contributed by atoms with Gasteiger partial charge in [0, 0.05) is 23.0 Å². The summed E-state index contributed by atoms with van der Waals surface area (Å²) in [6, 6.07) is 14.4. The molecule has 1 aliphatic rings. The summed E-state index contributed by atoms with van der Waals surface area (Å²) >= 11 is 0. The normalized spacial score (nSPS) is 21.4. The second-order valence-corrected chi connectivity index (χ2v) is 4.92. The molecule has 0 radical (unpaired) electrons. The number of nitrogens with one attached hydrogen (secondary N) is 1. The molecule has 3 nitrogen and oxygen atoms in total. The number of nitrogens with two attached hydrogens (primary N) is 2. The summed E-state index contributed by atoms with van der Waals surface area (Å²) < 4.78 is 0. The molecule has 0 aromatic heterocycles. The Hall–Kier alpha value is -2.16. The Morgan fingerprint density at radius 1 is 0.944 bits per heavy atom. The molecule has 2 unspecified atom stereocenters. The van der Waals surface area contributed by atoms with Gasteiger partial charge in [-0.15, -0.1) is 0 Å². The van der Waals surface area contributed by atoms with Gasteiger partial charge in [0.15, 0.2) is 0 Å². The van der Waals surface area contributed by atoms with E-state index in [0.717, 1.165) is 11.4 Å². The predicted molar refractivity (Wildman–Crippen MR) is 76.5 cm³/mol. The second kappa shape index (κ2) is 3.95. The molecule has 1 aliphatic heterocycles. The highest BCUT2D eigenvalue weighted by Gasteiger charge is 2.29. The maximum atomic E-state index is 5.85. The minimum atomic E-state index is 0.294. The van der Waals surface area contributed by atoms with Crippen LogP contribution in [0, 0.1) is 0 Å². The molecule has 2 aromatic rings. The summed E-state index contributed by atoms with van der Waals surface area (Å²) in [5, 5.41) is 3.55. The highest BCUT2D eigenvalue weighted by molar-refractivity contribution is 5.65. The molecule has 0 aliphatic carbocycles. The van der Waals surface area contributed by atoms with Crippen LogP contribution < -0.4 is 16.8 Å². The van der Waals surface area contributed by atoms with Crippen LogP contribution in [-0.2, 0) is 0 Å². The Morgan fingerprint density at radius 3 is 2.33 bits per heavy atom. The fraction of sp³-hybridized carbons (Fsp3) is 0.200. The lowest BCUT2D eigenvalue weighted by atomic mass is 9.92. The maximum Gasteiger partial charge on any atom is 0.0580 e. The molecule has 5 N–H and O–H groups in total. The van der Waals surface area contributed by atoms with Gasteiger partial charge in [0.05, 0.1) is 6.04 Å². The number of rotatable bonds is 1. The van der Waals surface area contributed by atoms with Crippen molar-refractivity contribution in [3.05, 3.63) is 53.6 Å². The zero-order valence-electron chi connectivity index (χ0n) is 10.4. The first-order chi connectivity index (χ1) is 8.65. The zero-order chi connectivity index (χ0) is 12.7. The molecule has 0 spiro atoms. The number of hydrogen-bond acceptors (Lipinski definition) is 3. The van der Waals surface area contributed by atoms with Crippen molar-refractivity contribution < 1.29 is 0 Å². The van der Waals surface area contributed by atoms with Crippen LogP contribution in [0.15, 0.2) is 42.5 Å². The molecule has 1 heterocycles. The summed E-state index contributed by atoms with van der Waals surface area (Å²) in [5.74, 6) is 0.409. The Morgan fingerprint density at radius 2 is 1.61 bits per heavy atom. The summed E-state index contributed by atoms with van der Waals surface area (Å²) in [6.45, 7) is 2.22. The van der Waals surface area contributed by atoms with Crippen LogP contribution in [0.4, 0.5) is 17.1 Å².